The highest BCUT2D eigenvalue weighted by Gasteiger charge is 2.33. The van der Waals surface area contributed by atoms with E-state index in [0.29, 0.717) is 12.1 Å². The third-order valence-electron chi connectivity index (χ3n) is 8.39. The number of amides is 1. The van der Waals surface area contributed by atoms with E-state index in [4.69, 9.17) is 9.72 Å². The number of aromatic nitrogens is 2. The Kier molecular flexibility index (Phi) is 7.16. The zero-order valence-corrected chi connectivity index (χ0v) is 23.0. The number of anilines is 2. The van der Waals surface area contributed by atoms with Crippen LogP contribution < -0.4 is 9.80 Å². The summed E-state index contributed by atoms with van der Waals surface area (Å²) in [6.07, 6.45) is 5.31. The number of nitrogens with zero attached hydrogens (tertiary/aromatic N) is 4. The first kappa shape index (κ1) is 26.2. The zero-order chi connectivity index (χ0) is 27.1. The minimum absolute atomic E-state index is 0.0361. The van der Waals surface area contributed by atoms with Gasteiger partial charge in [0, 0.05) is 44.1 Å². The summed E-state index contributed by atoms with van der Waals surface area (Å²) in [7, 11) is 5.07. The van der Waals surface area contributed by atoms with Gasteiger partial charge in [0.2, 0.25) is 0 Å². The zero-order valence-electron chi connectivity index (χ0n) is 23.0. The molecule has 3 aromatic rings. The fraction of sp³-hybridized carbons (Fsp3) is 0.500. The first-order chi connectivity index (χ1) is 18.2. The number of halogens is 1. The molecule has 8 heteroatoms. The van der Waals surface area contributed by atoms with Crippen molar-refractivity contribution < 1.29 is 18.7 Å². The molecule has 0 radical (unpaired) electrons. The van der Waals surface area contributed by atoms with Crippen molar-refractivity contribution in [1.82, 2.24) is 9.55 Å². The average molecular weight is 521 g/mol. The smallest absolute Gasteiger partial charge is 0.414 e. The second-order valence-corrected chi connectivity index (χ2v) is 11.0. The Hall–Kier alpha value is -3.42. The summed E-state index contributed by atoms with van der Waals surface area (Å²) in [6, 6.07) is 9.70. The number of aryl methyl sites for hydroxylation is 1. The number of ether oxygens (including phenoxy) is 1. The third-order valence-corrected chi connectivity index (χ3v) is 8.39. The molecule has 202 valence electrons. The van der Waals surface area contributed by atoms with Gasteiger partial charge in [-0.15, -0.1) is 0 Å². The third kappa shape index (κ3) is 4.65. The lowest BCUT2D eigenvalue weighted by molar-refractivity contribution is -0.121. The molecule has 5 rings (SSSR count). The van der Waals surface area contributed by atoms with E-state index < -0.39 is 0 Å². The number of rotatable bonds is 5. The fourth-order valence-electron chi connectivity index (χ4n) is 6.30. The second-order valence-electron chi connectivity index (χ2n) is 11.0. The number of Topliss-reactive ketones (excluding diaryl/α,β-unsaturated/α-hetero) is 1. The highest BCUT2D eigenvalue weighted by Crippen LogP contribution is 2.41. The van der Waals surface area contributed by atoms with Crippen molar-refractivity contribution in [3.8, 4) is 0 Å². The molecule has 2 heterocycles. The molecule has 0 N–H and O–H groups in total. The monoisotopic (exact) mass is 520 g/mol. The van der Waals surface area contributed by atoms with Gasteiger partial charge in [0.05, 0.1) is 29.5 Å². The Balaban J connectivity index is 1.60. The predicted octanol–water partition coefficient (Wildman–Crippen LogP) is 6.06. The Labute approximate surface area is 223 Å². The summed E-state index contributed by atoms with van der Waals surface area (Å²) in [5, 5.41) is 0. The standard InChI is InChI=1S/C30H37FN4O3/c1-18-6-12-23-25(34(18)30(37)38-5)14-15-27-29(23)32-28(17-20-7-13-26(33(3)4)24(31)16-20)35(27)22-10-8-21(9-11-22)19(2)36/h7,13-16,18,21-22H,6,8-12,17H2,1-5H3/t18-,21?,22?/m0/s1. The minimum atomic E-state index is -0.364. The number of methoxy groups -OCH3 is 1. The normalized spacial score (nSPS) is 21.3. The molecule has 2 aliphatic rings. The quantitative estimate of drug-likeness (QED) is 0.409. The molecule has 1 amide bonds. The minimum Gasteiger partial charge on any atom is -0.452 e. The molecular formula is C30H37FN4O3. The van der Waals surface area contributed by atoms with Gasteiger partial charge in [-0.25, -0.2) is 14.2 Å². The topological polar surface area (TPSA) is 67.7 Å². The van der Waals surface area contributed by atoms with Crippen LogP contribution in [0.5, 0.6) is 0 Å². The van der Waals surface area contributed by atoms with E-state index in [2.05, 4.69) is 10.6 Å². The summed E-state index contributed by atoms with van der Waals surface area (Å²) in [6.45, 7) is 3.73. The lowest BCUT2D eigenvalue weighted by atomic mass is 9.83. The van der Waals surface area contributed by atoms with Gasteiger partial charge in [-0.05, 0) is 82.2 Å². The van der Waals surface area contributed by atoms with Crippen LogP contribution in [0.15, 0.2) is 30.3 Å². The van der Waals surface area contributed by atoms with Crippen LogP contribution in [0.4, 0.5) is 20.6 Å². The molecule has 7 nitrogen and oxygen atoms in total. The number of imidazole rings is 1. The first-order valence-corrected chi connectivity index (χ1v) is 13.6. The number of hydrogen-bond donors (Lipinski definition) is 0. The second kappa shape index (κ2) is 10.4. The summed E-state index contributed by atoms with van der Waals surface area (Å²) in [5.74, 6) is 1.03. The van der Waals surface area contributed by atoms with Gasteiger partial charge >= 0.3 is 6.09 Å². The van der Waals surface area contributed by atoms with E-state index in [9.17, 15) is 14.0 Å². The summed E-state index contributed by atoms with van der Waals surface area (Å²) < 4.78 is 22.3. The van der Waals surface area contributed by atoms with E-state index in [-0.39, 0.29) is 35.7 Å². The Morgan fingerprint density at radius 3 is 2.47 bits per heavy atom. The van der Waals surface area contributed by atoms with Crippen molar-refractivity contribution in [3.05, 3.63) is 53.1 Å². The van der Waals surface area contributed by atoms with E-state index in [1.165, 1.54) is 7.11 Å². The van der Waals surface area contributed by atoms with Crippen LogP contribution in [-0.2, 0) is 22.4 Å². The van der Waals surface area contributed by atoms with Gasteiger partial charge in [0.1, 0.15) is 17.4 Å². The van der Waals surface area contributed by atoms with Crippen LogP contribution in [0.1, 0.15) is 68.9 Å². The molecule has 1 aromatic heterocycles. The number of carbonyl (C=O) groups excluding carboxylic acids is 2. The number of hydrogen-bond acceptors (Lipinski definition) is 5. The van der Waals surface area contributed by atoms with Crippen molar-refractivity contribution >= 4 is 34.3 Å². The summed E-state index contributed by atoms with van der Waals surface area (Å²) >= 11 is 0. The predicted molar refractivity (Wildman–Crippen MR) is 148 cm³/mol. The summed E-state index contributed by atoms with van der Waals surface area (Å²) in [5.41, 5.74) is 5.25. The molecular weight excluding hydrogens is 483 g/mol. The molecule has 38 heavy (non-hydrogen) atoms. The maximum Gasteiger partial charge on any atom is 0.414 e. The van der Waals surface area contributed by atoms with Gasteiger partial charge in [-0.3, -0.25) is 9.69 Å². The lowest BCUT2D eigenvalue weighted by Crippen LogP contribution is -2.42. The SMILES string of the molecule is COC(=O)N1c2ccc3c(nc(Cc4ccc(N(C)C)c(F)c4)n3C3CCC(C(C)=O)CC3)c2CC[C@@H]1C. The van der Waals surface area contributed by atoms with Crippen LogP contribution in [0.2, 0.25) is 0 Å². The molecule has 0 unspecified atom stereocenters. The van der Waals surface area contributed by atoms with Crippen LogP contribution in [0, 0.1) is 11.7 Å². The van der Waals surface area contributed by atoms with Gasteiger partial charge < -0.3 is 14.2 Å². The Morgan fingerprint density at radius 2 is 1.84 bits per heavy atom. The van der Waals surface area contributed by atoms with Gasteiger partial charge in [-0.1, -0.05) is 6.07 Å². The van der Waals surface area contributed by atoms with Crippen LogP contribution in [0.3, 0.4) is 0 Å². The molecule has 0 spiro atoms. The van der Waals surface area contributed by atoms with Gasteiger partial charge in [-0.2, -0.15) is 0 Å². The van der Waals surface area contributed by atoms with Crippen molar-refractivity contribution in [2.24, 2.45) is 5.92 Å². The highest BCUT2D eigenvalue weighted by atomic mass is 19.1. The molecule has 1 fully saturated rings. The average Bonchev–Trinajstić information content (AvgIpc) is 3.26. The number of carbonyl (C=O) groups is 2. The fourth-order valence-corrected chi connectivity index (χ4v) is 6.30. The maximum atomic E-state index is 14.8. The molecule has 1 atom stereocenters. The van der Waals surface area contributed by atoms with Crippen LogP contribution in [-0.4, -0.2) is 48.7 Å². The van der Waals surface area contributed by atoms with Crippen molar-refractivity contribution in [2.75, 3.05) is 31.0 Å². The van der Waals surface area contributed by atoms with Crippen molar-refractivity contribution in [2.45, 2.75) is 70.9 Å². The number of fused-ring (bicyclic) bond motifs is 3. The largest absolute Gasteiger partial charge is 0.452 e. The highest BCUT2D eigenvalue weighted by molar-refractivity contribution is 5.95. The number of ketones is 1. The van der Waals surface area contributed by atoms with E-state index >= 15 is 0 Å². The molecule has 2 aromatic carbocycles. The molecule has 0 saturated heterocycles. The van der Waals surface area contributed by atoms with Crippen LogP contribution >= 0.6 is 0 Å². The molecule has 1 saturated carbocycles. The Bertz CT molecular complexity index is 1370. The lowest BCUT2D eigenvalue weighted by Gasteiger charge is -2.34. The van der Waals surface area contributed by atoms with E-state index in [1.807, 2.05) is 39.2 Å². The summed E-state index contributed by atoms with van der Waals surface area (Å²) in [4.78, 5) is 33.3. The maximum absolute atomic E-state index is 14.8. The van der Waals surface area contributed by atoms with E-state index in [1.54, 1.807) is 22.8 Å². The number of benzene rings is 2. The van der Waals surface area contributed by atoms with Crippen molar-refractivity contribution in [3.63, 3.8) is 0 Å². The molecule has 0 bridgehead atoms. The van der Waals surface area contributed by atoms with Gasteiger partial charge in [0.15, 0.2) is 0 Å². The Morgan fingerprint density at radius 1 is 1.11 bits per heavy atom. The first-order valence-electron chi connectivity index (χ1n) is 13.6. The molecule has 1 aliphatic heterocycles. The van der Waals surface area contributed by atoms with Crippen LogP contribution in [0.25, 0.3) is 11.0 Å². The van der Waals surface area contributed by atoms with E-state index in [0.717, 1.165) is 72.2 Å². The van der Waals surface area contributed by atoms with Crippen molar-refractivity contribution in [1.29, 1.82) is 0 Å². The molecule has 1 aliphatic carbocycles. The van der Waals surface area contributed by atoms with Gasteiger partial charge in [0.25, 0.3) is 0 Å².